The van der Waals surface area contributed by atoms with E-state index in [0.717, 1.165) is 17.6 Å². The number of fused-ring (bicyclic) bond motifs is 1. The van der Waals surface area contributed by atoms with Crippen LogP contribution in [0.2, 0.25) is 0 Å². The Balaban J connectivity index is 1.70. The van der Waals surface area contributed by atoms with Crippen LogP contribution in [0.3, 0.4) is 0 Å². The Hall–Kier alpha value is -2.55. The molecule has 1 heterocycles. The quantitative estimate of drug-likeness (QED) is 0.708. The molecular formula is C21H24N2O. The van der Waals surface area contributed by atoms with E-state index in [1.165, 1.54) is 16.5 Å². The number of hydrogen-bond donors (Lipinski definition) is 1. The Labute approximate surface area is 143 Å². The number of aryl methyl sites for hydroxylation is 1. The number of carbonyl (C=O) groups is 1. The summed E-state index contributed by atoms with van der Waals surface area (Å²) in [5.41, 5.74) is 4.53. The fraction of sp³-hybridized carbons (Fsp3) is 0.286. The number of nitrogens with one attached hydrogen (secondary N) is 1. The van der Waals surface area contributed by atoms with Gasteiger partial charge in [-0.15, -0.1) is 0 Å². The van der Waals surface area contributed by atoms with Crippen molar-refractivity contribution in [2.45, 2.75) is 39.7 Å². The first-order chi connectivity index (χ1) is 11.6. The summed E-state index contributed by atoms with van der Waals surface area (Å²) in [7, 11) is 0. The van der Waals surface area contributed by atoms with E-state index in [1.54, 1.807) is 0 Å². The van der Waals surface area contributed by atoms with Gasteiger partial charge in [-0.1, -0.05) is 39.0 Å². The molecule has 3 heteroatoms. The average molecular weight is 320 g/mol. The Kier molecular flexibility index (Phi) is 4.70. The lowest BCUT2D eigenvalue weighted by molar-refractivity contribution is -0.116. The Morgan fingerprint density at radius 1 is 1.08 bits per heavy atom. The summed E-state index contributed by atoms with van der Waals surface area (Å²) < 4.78 is 1.99. The van der Waals surface area contributed by atoms with E-state index >= 15 is 0 Å². The molecule has 3 nitrogen and oxygen atoms in total. The molecule has 2 aromatic carbocycles. The summed E-state index contributed by atoms with van der Waals surface area (Å²) in [6.45, 7) is 6.79. The number of nitrogens with zero attached hydrogens (tertiary/aromatic N) is 1. The van der Waals surface area contributed by atoms with Gasteiger partial charge in [0.1, 0.15) is 6.54 Å². The van der Waals surface area contributed by atoms with Gasteiger partial charge in [0.15, 0.2) is 0 Å². The second kappa shape index (κ2) is 6.91. The van der Waals surface area contributed by atoms with E-state index in [9.17, 15) is 4.79 Å². The first kappa shape index (κ1) is 16.3. The molecule has 0 bridgehead atoms. The molecule has 0 saturated heterocycles. The van der Waals surface area contributed by atoms with E-state index in [1.807, 2.05) is 22.9 Å². The minimum Gasteiger partial charge on any atom is -0.338 e. The van der Waals surface area contributed by atoms with Crippen molar-refractivity contribution in [1.29, 1.82) is 0 Å². The number of amides is 1. The van der Waals surface area contributed by atoms with Crippen LogP contribution < -0.4 is 5.32 Å². The summed E-state index contributed by atoms with van der Waals surface area (Å²) in [4.78, 5) is 12.3. The van der Waals surface area contributed by atoms with Crippen LogP contribution >= 0.6 is 0 Å². The smallest absolute Gasteiger partial charge is 0.244 e. The van der Waals surface area contributed by atoms with Gasteiger partial charge in [0, 0.05) is 17.4 Å². The zero-order chi connectivity index (χ0) is 17.1. The molecule has 3 rings (SSSR count). The van der Waals surface area contributed by atoms with Crippen LogP contribution in [-0.4, -0.2) is 10.5 Å². The number of rotatable bonds is 5. The Morgan fingerprint density at radius 3 is 2.50 bits per heavy atom. The molecule has 0 spiro atoms. The minimum absolute atomic E-state index is 0.00985. The third-order valence-corrected chi connectivity index (χ3v) is 4.42. The summed E-state index contributed by atoms with van der Waals surface area (Å²) in [6.07, 6.45) is 3.00. The maximum atomic E-state index is 12.3. The van der Waals surface area contributed by atoms with Crippen molar-refractivity contribution >= 4 is 22.5 Å². The van der Waals surface area contributed by atoms with Crippen LogP contribution in [0.4, 0.5) is 5.69 Å². The standard InChI is InChI=1S/C21H24N2O/c1-4-16-5-10-20-18(13-16)11-12-23(20)14-21(24)22-19-8-6-17(7-9-19)15(2)3/h5-13,15H,4,14H2,1-3H3,(H,22,24). The molecule has 3 aromatic rings. The lowest BCUT2D eigenvalue weighted by Gasteiger charge is -2.10. The summed E-state index contributed by atoms with van der Waals surface area (Å²) in [6, 6.07) is 16.5. The van der Waals surface area contributed by atoms with Gasteiger partial charge in [0.2, 0.25) is 5.91 Å². The molecular weight excluding hydrogens is 296 g/mol. The Morgan fingerprint density at radius 2 is 1.83 bits per heavy atom. The first-order valence-corrected chi connectivity index (χ1v) is 8.54. The summed E-state index contributed by atoms with van der Waals surface area (Å²) in [5.74, 6) is 0.485. The van der Waals surface area contributed by atoms with Gasteiger partial charge in [-0.3, -0.25) is 4.79 Å². The van der Waals surface area contributed by atoms with Crippen molar-refractivity contribution < 1.29 is 4.79 Å². The highest BCUT2D eigenvalue weighted by molar-refractivity contribution is 5.92. The molecule has 1 amide bonds. The van der Waals surface area contributed by atoms with Crippen molar-refractivity contribution in [2.24, 2.45) is 0 Å². The molecule has 1 aromatic heterocycles. The Bertz CT molecular complexity index is 844. The van der Waals surface area contributed by atoms with Crippen molar-refractivity contribution in [3.63, 3.8) is 0 Å². The topological polar surface area (TPSA) is 34.0 Å². The van der Waals surface area contributed by atoms with E-state index in [0.29, 0.717) is 12.5 Å². The second-order valence-corrected chi connectivity index (χ2v) is 6.52. The number of carbonyl (C=O) groups excluding carboxylic acids is 1. The normalized spacial score (nSPS) is 11.2. The van der Waals surface area contributed by atoms with Gasteiger partial charge in [0.05, 0.1) is 0 Å². The highest BCUT2D eigenvalue weighted by Gasteiger charge is 2.08. The summed E-state index contributed by atoms with van der Waals surface area (Å²) >= 11 is 0. The molecule has 0 atom stereocenters. The first-order valence-electron chi connectivity index (χ1n) is 8.54. The van der Waals surface area contributed by atoms with Crippen LogP contribution in [0.15, 0.2) is 54.7 Å². The number of anilines is 1. The zero-order valence-corrected chi connectivity index (χ0v) is 14.5. The van der Waals surface area contributed by atoms with Gasteiger partial charge < -0.3 is 9.88 Å². The fourth-order valence-electron chi connectivity index (χ4n) is 2.91. The van der Waals surface area contributed by atoms with Crippen molar-refractivity contribution in [3.8, 4) is 0 Å². The maximum absolute atomic E-state index is 12.3. The van der Waals surface area contributed by atoms with Crippen molar-refractivity contribution in [3.05, 3.63) is 65.9 Å². The number of hydrogen-bond acceptors (Lipinski definition) is 1. The molecule has 0 aliphatic carbocycles. The molecule has 0 aliphatic heterocycles. The molecule has 0 aliphatic rings. The van der Waals surface area contributed by atoms with E-state index in [2.05, 4.69) is 62.5 Å². The van der Waals surface area contributed by atoms with Gasteiger partial charge in [-0.05, 0) is 59.2 Å². The molecule has 1 N–H and O–H groups in total. The molecule has 0 saturated carbocycles. The van der Waals surface area contributed by atoms with Gasteiger partial charge >= 0.3 is 0 Å². The number of benzene rings is 2. The summed E-state index contributed by atoms with van der Waals surface area (Å²) in [5, 5.41) is 4.16. The lowest BCUT2D eigenvalue weighted by Crippen LogP contribution is -2.18. The largest absolute Gasteiger partial charge is 0.338 e. The van der Waals surface area contributed by atoms with E-state index < -0.39 is 0 Å². The third-order valence-electron chi connectivity index (χ3n) is 4.42. The molecule has 0 unspecified atom stereocenters. The second-order valence-electron chi connectivity index (χ2n) is 6.52. The van der Waals surface area contributed by atoms with E-state index in [-0.39, 0.29) is 5.91 Å². The van der Waals surface area contributed by atoms with Gasteiger partial charge in [-0.25, -0.2) is 0 Å². The maximum Gasteiger partial charge on any atom is 0.244 e. The predicted molar refractivity (Wildman–Crippen MR) is 100 cm³/mol. The van der Waals surface area contributed by atoms with Crippen LogP contribution in [0.5, 0.6) is 0 Å². The monoisotopic (exact) mass is 320 g/mol. The number of aromatic nitrogens is 1. The molecule has 0 radical (unpaired) electrons. The molecule has 24 heavy (non-hydrogen) atoms. The minimum atomic E-state index is -0.00985. The van der Waals surface area contributed by atoms with Crippen molar-refractivity contribution in [1.82, 2.24) is 4.57 Å². The van der Waals surface area contributed by atoms with Crippen LogP contribution in [0.1, 0.15) is 37.8 Å². The lowest BCUT2D eigenvalue weighted by atomic mass is 10.0. The average Bonchev–Trinajstić information content (AvgIpc) is 2.97. The molecule has 124 valence electrons. The third kappa shape index (κ3) is 3.51. The van der Waals surface area contributed by atoms with Gasteiger partial charge in [0.25, 0.3) is 0 Å². The van der Waals surface area contributed by atoms with Crippen LogP contribution in [0.25, 0.3) is 10.9 Å². The van der Waals surface area contributed by atoms with E-state index in [4.69, 9.17) is 0 Å². The fourth-order valence-corrected chi connectivity index (χ4v) is 2.91. The van der Waals surface area contributed by atoms with Crippen LogP contribution in [-0.2, 0) is 17.8 Å². The zero-order valence-electron chi connectivity index (χ0n) is 14.5. The SMILES string of the molecule is CCc1ccc2c(ccn2CC(=O)Nc2ccc(C(C)C)cc2)c1. The van der Waals surface area contributed by atoms with Crippen LogP contribution in [0, 0.1) is 0 Å². The van der Waals surface area contributed by atoms with Crippen molar-refractivity contribution in [2.75, 3.05) is 5.32 Å². The molecule has 0 fully saturated rings. The highest BCUT2D eigenvalue weighted by Crippen LogP contribution is 2.19. The highest BCUT2D eigenvalue weighted by atomic mass is 16.1. The predicted octanol–water partition coefficient (Wildman–Crippen LogP) is 4.97. The van der Waals surface area contributed by atoms with Gasteiger partial charge in [-0.2, -0.15) is 0 Å².